The highest BCUT2D eigenvalue weighted by Gasteiger charge is 2.12. The van der Waals surface area contributed by atoms with E-state index in [4.69, 9.17) is 9.84 Å². The van der Waals surface area contributed by atoms with Gasteiger partial charge in [0.2, 0.25) is 0 Å². The Kier molecular flexibility index (Phi) is 16.8. The Labute approximate surface area is 247 Å². The Morgan fingerprint density at radius 2 is 0.829 bits per heavy atom. The first-order chi connectivity index (χ1) is 19.7. The molecule has 0 radical (unpaired) electrons. The van der Waals surface area contributed by atoms with Crippen molar-refractivity contribution in [3.63, 3.8) is 0 Å². The zero-order valence-electron chi connectivity index (χ0n) is 25.7. The number of hydrogen-bond donors (Lipinski definition) is 1. The fourth-order valence-electron chi connectivity index (χ4n) is 3.15. The van der Waals surface area contributed by atoms with E-state index in [1.54, 1.807) is 48.5 Å². The number of hydrogen-bond acceptors (Lipinski definition) is 4. The number of carbonyl (C=O) groups is 2. The maximum absolute atomic E-state index is 12.5. The number of aromatic hydroxyl groups is 1. The number of ether oxygens (including phenoxy) is 1. The summed E-state index contributed by atoms with van der Waals surface area (Å²) in [7, 11) is 1.52. The van der Waals surface area contributed by atoms with Crippen molar-refractivity contribution < 1.29 is 19.4 Å². The average Bonchev–Trinajstić information content (AvgIpc) is 3.02. The van der Waals surface area contributed by atoms with Gasteiger partial charge in [0.15, 0.2) is 23.1 Å². The molecule has 0 aliphatic rings. The lowest BCUT2D eigenvalue weighted by molar-refractivity contribution is 0.102. The number of para-hydroxylation sites is 2. The summed E-state index contributed by atoms with van der Waals surface area (Å²) >= 11 is 0. The minimum absolute atomic E-state index is 0.0377. The smallest absolute Gasteiger partial charge is 0.193 e. The monoisotopic (exact) mass is 554 g/mol. The van der Waals surface area contributed by atoms with Crippen LogP contribution < -0.4 is 4.74 Å². The maximum atomic E-state index is 12.5. The van der Waals surface area contributed by atoms with E-state index >= 15 is 0 Å². The molecule has 0 aromatic heterocycles. The van der Waals surface area contributed by atoms with Gasteiger partial charge in [-0.2, -0.15) is 0 Å². The standard InChI is InChI=1S/C22H18O2.C7H8O2.2C4H10/c1-15-3-7-17(8-4-15)21(23)19-11-13-20(14-12-19)22(24)18-9-5-16(2)6-10-18;1-9-7-5-3-2-4-6(7)8;2*1-3-4-2/h3-14H,1-2H3;2-5,8H,1H3;2*3-4H2,1-2H3. The third-order valence-corrected chi connectivity index (χ3v) is 6.12. The summed E-state index contributed by atoms with van der Waals surface area (Å²) in [6.45, 7) is 12.7. The van der Waals surface area contributed by atoms with E-state index in [2.05, 4.69) is 27.7 Å². The van der Waals surface area contributed by atoms with Crippen LogP contribution in [0.15, 0.2) is 97.1 Å². The number of methoxy groups -OCH3 is 1. The van der Waals surface area contributed by atoms with Gasteiger partial charge in [0.05, 0.1) is 7.11 Å². The van der Waals surface area contributed by atoms with Crippen molar-refractivity contribution in [2.75, 3.05) is 7.11 Å². The van der Waals surface area contributed by atoms with Crippen LogP contribution in [0, 0.1) is 13.8 Å². The van der Waals surface area contributed by atoms with Gasteiger partial charge in [0, 0.05) is 22.3 Å². The zero-order chi connectivity index (χ0) is 30.6. The lowest BCUT2D eigenvalue weighted by Gasteiger charge is -2.05. The molecule has 0 fully saturated rings. The van der Waals surface area contributed by atoms with Gasteiger partial charge in [-0.3, -0.25) is 9.59 Å². The fraction of sp³-hybridized carbons (Fsp3) is 0.297. The van der Waals surface area contributed by atoms with Gasteiger partial charge < -0.3 is 9.84 Å². The largest absolute Gasteiger partial charge is 0.504 e. The molecule has 0 aliphatic heterocycles. The highest BCUT2D eigenvalue weighted by Crippen LogP contribution is 2.23. The summed E-state index contributed by atoms with van der Waals surface area (Å²) in [6.07, 6.45) is 5.28. The van der Waals surface area contributed by atoms with Crippen LogP contribution in [-0.4, -0.2) is 23.8 Å². The first kappa shape index (κ1) is 34.8. The minimum Gasteiger partial charge on any atom is -0.504 e. The number of aryl methyl sites for hydroxylation is 2. The predicted molar refractivity (Wildman–Crippen MR) is 171 cm³/mol. The van der Waals surface area contributed by atoms with E-state index in [1.807, 2.05) is 62.4 Å². The third-order valence-electron chi connectivity index (χ3n) is 6.12. The zero-order valence-corrected chi connectivity index (χ0v) is 25.7. The Hall–Kier alpha value is -4.18. The second-order valence-electron chi connectivity index (χ2n) is 9.64. The highest BCUT2D eigenvalue weighted by atomic mass is 16.5. The van der Waals surface area contributed by atoms with Crippen molar-refractivity contribution in [1.82, 2.24) is 0 Å². The summed E-state index contributed by atoms with van der Waals surface area (Å²) in [4.78, 5) is 24.9. The quantitative estimate of drug-likeness (QED) is 0.231. The molecule has 0 heterocycles. The van der Waals surface area contributed by atoms with Crippen LogP contribution in [0.1, 0.15) is 96.3 Å². The molecule has 0 amide bonds. The summed E-state index contributed by atoms with van der Waals surface area (Å²) in [5, 5.41) is 8.99. The molecule has 41 heavy (non-hydrogen) atoms. The van der Waals surface area contributed by atoms with Crippen LogP contribution in [0.25, 0.3) is 0 Å². The number of ketones is 2. The van der Waals surface area contributed by atoms with E-state index in [9.17, 15) is 9.59 Å². The molecular formula is C37H46O4. The van der Waals surface area contributed by atoms with Crippen LogP contribution in [0.5, 0.6) is 11.5 Å². The van der Waals surface area contributed by atoms with Crippen molar-refractivity contribution in [2.45, 2.75) is 67.2 Å². The van der Waals surface area contributed by atoms with Crippen LogP contribution in [0.4, 0.5) is 0 Å². The predicted octanol–water partition coefficient (Wildman–Crippen LogP) is 9.78. The van der Waals surface area contributed by atoms with Crippen molar-refractivity contribution in [2.24, 2.45) is 0 Å². The minimum atomic E-state index is -0.0377. The van der Waals surface area contributed by atoms with Gasteiger partial charge in [0.1, 0.15) is 0 Å². The number of unbranched alkanes of at least 4 members (excludes halogenated alkanes) is 2. The molecule has 4 rings (SSSR count). The van der Waals surface area contributed by atoms with Crippen LogP contribution in [0.2, 0.25) is 0 Å². The molecular weight excluding hydrogens is 508 g/mol. The summed E-state index contributed by atoms with van der Waals surface area (Å²) < 4.78 is 4.79. The van der Waals surface area contributed by atoms with E-state index < -0.39 is 0 Å². The molecule has 0 unspecified atom stereocenters. The second kappa shape index (κ2) is 19.8. The second-order valence-corrected chi connectivity index (χ2v) is 9.64. The van der Waals surface area contributed by atoms with Crippen molar-refractivity contribution in [3.05, 3.63) is 130 Å². The first-order valence-corrected chi connectivity index (χ1v) is 14.4. The first-order valence-electron chi connectivity index (χ1n) is 14.4. The average molecular weight is 555 g/mol. The number of rotatable bonds is 7. The van der Waals surface area contributed by atoms with Crippen molar-refractivity contribution >= 4 is 11.6 Å². The molecule has 0 saturated carbocycles. The Morgan fingerprint density at radius 3 is 1.07 bits per heavy atom. The van der Waals surface area contributed by atoms with Gasteiger partial charge >= 0.3 is 0 Å². The molecule has 4 aromatic carbocycles. The van der Waals surface area contributed by atoms with Crippen LogP contribution in [-0.2, 0) is 0 Å². The van der Waals surface area contributed by atoms with Gasteiger partial charge in [-0.1, -0.05) is 149 Å². The van der Waals surface area contributed by atoms with E-state index in [0.717, 1.165) is 11.1 Å². The highest BCUT2D eigenvalue weighted by molar-refractivity contribution is 6.11. The summed E-state index contributed by atoms with van der Waals surface area (Å²) in [5.74, 6) is 0.617. The molecule has 0 spiro atoms. The van der Waals surface area contributed by atoms with Crippen LogP contribution in [0.3, 0.4) is 0 Å². The SMILES string of the molecule is CCCC.CCCC.COc1ccccc1O.Cc1ccc(C(=O)c2ccc(C(=O)c3ccc(C)cc3)cc2)cc1. The number of carbonyl (C=O) groups excluding carboxylic acids is 2. The number of phenols is 1. The Morgan fingerprint density at radius 1 is 0.537 bits per heavy atom. The maximum Gasteiger partial charge on any atom is 0.193 e. The lowest BCUT2D eigenvalue weighted by atomic mass is 9.98. The van der Waals surface area contributed by atoms with E-state index in [0.29, 0.717) is 28.0 Å². The Bertz CT molecular complexity index is 1200. The molecule has 0 bridgehead atoms. The van der Waals surface area contributed by atoms with Crippen LogP contribution >= 0.6 is 0 Å². The number of benzene rings is 4. The molecule has 1 N–H and O–H groups in total. The fourth-order valence-corrected chi connectivity index (χ4v) is 3.15. The van der Waals surface area contributed by atoms with E-state index in [-0.39, 0.29) is 17.3 Å². The summed E-state index contributed by atoms with van der Waals surface area (Å²) in [5.41, 5.74) is 4.70. The molecule has 4 aromatic rings. The topological polar surface area (TPSA) is 63.6 Å². The lowest BCUT2D eigenvalue weighted by Crippen LogP contribution is -2.04. The Balaban J connectivity index is 0.000000404. The molecule has 0 atom stereocenters. The molecule has 0 aliphatic carbocycles. The van der Waals surface area contributed by atoms with Gasteiger partial charge in [-0.25, -0.2) is 0 Å². The van der Waals surface area contributed by atoms with E-state index in [1.165, 1.54) is 32.8 Å². The van der Waals surface area contributed by atoms with Crippen molar-refractivity contribution in [1.29, 1.82) is 0 Å². The molecule has 4 nitrogen and oxygen atoms in total. The molecule has 218 valence electrons. The number of phenolic OH excluding ortho intramolecular Hbond substituents is 1. The van der Waals surface area contributed by atoms with Gasteiger partial charge in [-0.05, 0) is 26.0 Å². The van der Waals surface area contributed by atoms with Crippen molar-refractivity contribution in [3.8, 4) is 11.5 Å². The molecule has 0 saturated heterocycles. The summed E-state index contributed by atoms with van der Waals surface area (Å²) in [6, 6.07) is 28.7. The normalized spacial score (nSPS) is 9.54. The van der Waals surface area contributed by atoms with Gasteiger partial charge in [-0.15, -0.1) is 0 Å². The third kappa shape index (κ3) is 12.7. The molecule has 4 heteroatoms. The van der Waals surface area contributed by atoms with Gasteiger partial charge in [0.25, 0.3) is 0 Å².